The first kappa shape index (κ1) is 14.7. The van der Waals surface area contributed by atoms with Crippen molar-refractivity contribution >= 4 is 0 Å². The van der Waals surface area contributed by atoms with E-state index in [0.717, 1.165) is 29.6 Å². The van der Waals surface area contributed by atoms with E-state index in [4.69, 9.17) is 0 Å². The van der Waals surface area contributed by atoms with Gasteiger partial charge in [0.25, 0.3) is 0 Å². The summed E-state index contributed by atoms with van der Waals surface area (Å²) in [6, 6.07) is 0. The van der Waals surface area contributed by atoms with Gasteiger partial charge >= 0.3 is 0 Å². The van der Waals surface area contributed by atoms with E-state index in [1.165, 1.54) is 38.5 Å². The maximum Gasteiger partial charge on any atom is -0.0148 e. The zero-order valence-electron chi connectivity index (χ0n) is 14.3. The second-order valence-corrected chi connectivity index (χ2v) is 9.29. The lowest BCUT2D eigenvalue weighted by atomic mass is 9.45. The molecule has 0 aromatic heterocycles. The maximum atomic E-state index is 2.66. The third kappa shape index (κ3) is 2.18. The summed E-state index contributed by atoms with van der Waals surface area (Å²) in [7, 11) is 0. The van der Waals surface area contributed by atoms with Gasteiger partial charge < -0.3 is 0 Å². The van der Waals surface area contributed by atoms with E-state index in [2.05, 4.69) is 46.8 Å². The Morgan fingerprint density at radius 2 is 1.75 bits per heavy atom. The summed E-state index contributed by atoms with van der Waals surface area (Å²) in [4.78, 5) is 0. The molecule has 0 nitrogen and oxygen atoms in total. The van der Waals surface area contributed by atoms with Crippen LogP contribution in [0.2, 0.25) is 0 Å². The molecule has 0 N–H and O–H groups in total. The highest BCUT2D eigenvalue weighted by molar-refractivity contribution is 5.13. The van der Waals surface area contributed by atoms with E-state index >= 15 is 0 Å². The van der Waals surface area contributed by atoms with Crippen LogP contribution < -0.4 is 0 Å². The number of hydrogen-bond donors (Lipinski definition) is 0. The van der Waals surface area contributed by atoms with Gasteiger partial charge in [0.15, 0.2) is 0 Å². The molecule has 20 heavy (non-hydrogen) atoms. The maximum absolute atomic E-state index is 2.66. The van der Waals surface area contributed by atoms with Crippen molar-refractivity contribution in [1.29, 1.82) is 0 Å². The van der Waals surface area contributed by atoms with Gasteiger partial charge in [-0.1, -0.05) is 53.2 Å². The van der Waals surface area contributed by atoms with E-state index in [1.54, 1.807) is 0 Å². The molecule has 0 radical (unpaired) electrons. The Morgan fingerprint density at radius 3 is 2.45 bits per heavy atom. The molecule has 2 saturated carbocycles. The monoisotopic (exact) mass is 274 g/mol. The zero-order chi connectivity index (χ0) is 14.5. The minimum absolute atomic E-state index is 0.570. The Hall–Kier alpha value is -0.260. The van der Waals surface area contributed by atoms with Gasteiger partial charge in [0.2, 0.25) is 0 Å². The van der Waals surface area contributed by atoms with Gasteiger partial charge in [0.05, 0.1) is 0 Å². The van der Waals surface area contributed by atoms with Crippen LogP contribution in [-0.2, 0) is 0 Å². The minimum Gasteiger partial charge on any atom is -0.0848 e. The average molecular weight is 274 g/mol. The molecule has 2 fully saturated rings. The van der Waals surface area contributed by atoms with Gasteiger partial charge in [-0.2, -0.15) is 0 Å². The number of hydrogen-bond acceptors (Lipinski definition) is 0. The molecule has 0 heterocycles. The Balaban J connectivity index is 1.89. The molecule has 5 atom stereocenters. The molecule has 0 aromatic rings. The van der Waals surface area contributed by atoms with Crippen LogP contribution in [0.5, 0.6) is 0 Å². The van der Waals surface area contributed by atoms with Crippen LogP contribution in [-0.4, -0.2) is 0 Å². The molecule has 0 bridgehead atoms. The molecule has 0 heteroatoms. The molecular weight excluding hydrogens is 240 g/mol. The number of allylic oxidation sites excluding steroid dienone is 2. The largest absolute Gasteiger partial charge is 0.0848 e. The fourth-order valence-electron chi connectivity index (χ4n) is 6.21. The fourth-order valence-corrected chi connectivity index (χ4v) is 6.21. The quantitative estimate of drug-likeness (QED) is 0.508. The topological polar surface area (TPSA) is 0 Å². The average Bonchev–Trinajstić information content (AvgIpc) is 2.37. The minimum atomic E-state index is 0.570. The molecule has 114 valence electrons. The highest BCUT2D eigenvalue weighted by Crippen LogP contribution is 2.63. The van der Waals surface area contributed by atoms with Crippen LogP contribution in [0.15, 0.2) is 12.2 Å². The lowest BCUT2D eigenvalue weighted by Crippen LogP contribution is -2.52. The van der Waals surface area contributed by atoms with Gasteiger partial charge in [0, 0.05) is 0 Å². The normalized spacial score (nSPS) is 46.9. The van der Waals surface area contributed by atoms with Crippen molar-refractivity contribution in [2.45, 2.75) is 73.1 Å². The van der Waals surface area contributed by atoms with Crippen molar-refractivity contribution in [2.75, 3.05) is 0 Å². The molecule has 0 amide bonds. The van der Waals surface area contributed by atoms with Gasteiger partial charge in [0.1, 0.15) is 0 Å². The van der Waals surface area contributed by atoms with Crippen molar-refractivity contribution in [3.63, 3.8) is 0 Å². The predicted octanol–water partition coefficient (Wildman–Crippen LogP) is 6.08. The van der Waals surface area contributed by atoms with E-state index in [-0.39, 0.29) is 0 Å². The molecule has 3 aliphatic rings. The molecule has 0 aromatic carbocycles. The lowest BCUT2D eigenvalue weighted by Gasteiger charge is -2.60. The molecule has 0 aliphatic heterocycles. The first-order valence-electron chi connectivity index (χ1n) is 9.03. The SMILES string of the molecule is CC(C)[C@H]1C=C[C@H]2[C@H](CC[C@H]3C(C)(C)CCC[C@]23C)C1. The standard InChI is InChI=1S/C20H34/c1-14(2)15-7-9-17-16(13-15)8-10-18-19(3,4)11-6-12-20(17,18)5/h7,9,14-18H,6,8,10-13H2,1-5H3/t15-,16+,17-,18-,20+/m0/s1. The highest BCUT2D eigenvalue weighted by atomic mass is 14.6. The van der Waals surface area contributed by atoms with E-state index in [1.807, 2.05) is 0 Å². The summed E-state index contributed by atoms with van der Waals surface area (Å²) in [6.45, 7) is 12.5. The van der Waals surface area contributed by atoms with E-state index in [9.17, 15) is 0 Å². The summed E-state index contributed by atoms with van der Waals surface area (Å²) >= 11 is 0. The van der Waals surface area contributed by atoms with Gasteiger partial charge in [-0.15, -0.1) is 0 Å². The number of fused-ring (bicyclic) bond motifs is 3. The Labute approximate surface area is 126 Å². The molecular formula is C20H34. The third-order valence-corrected chi connectivity index (χ3v) is 7.37. The Morgan fingerprint density at radius 1 is 1.00 bits per heavy atom. The van der Waals surface area contributed by atoms with Gasteiger partial charge in [-0.3, -0.25) is 0 Å². The molecule has 3 aliphatic carbocycles. The summed E-state index contributed by atoms with van der Waals surface area (Å²) in [5.74, 6) is 4.46. The van der Waals surface area contributed by atoms with E-state index < -0.39 is 0 Å². The van der Waals surface area contributed by atoms with Crippen molar-refractivity contribution in [3.05, 3.63) is 12.2 Å². The van der Waals surface area contributed by atoms with Crippen LogP contribution in [0, 0.1) is 40.4 Å². The van der Waals surface area contributed by atoms with Crippen LogP contribution >= 0.6 is 0 Å². The fraction of sp³-hybridized carbons (Fsp3) is 0.900. The number of rotatable bonds is 1. The zero-order valence-corrected chi connectivity index (χ0v) is 14.3. The first-order chi connectivity index (χ1) is 9.34. The lowest BCUT2D eigenvalue weighted by molar-refractivity contribution is -0.0866. The van der Waals surface area contributed by atoms with Crippen molar-refractivity contribution < 1.29 is 0 Å². The van der Waals surface area contributed by atoms with Crippen LogP contribution in [0.3, 0.4) is 0 Å². The van der Waals surface area contributed by atoms with Crippen LogP contribution in [0.1, 0.15) is 73.1 Å². The summed E-state index contributed by atoms with van der Waals surface area (Å²) in [5.41, 5.74) is 1.16. The Kier molecular flexibility index (Phi) is 3.58. The van der Waals surface area contributed by atoms with Crippen molar-refractivity contribution in [1.82, 2.24) is 0 Å². The molecule has 3 rings (SSSR count). The molecule has 0 unspecified atom stereocenters. The summed E-state index contributed by atoms with van der Waals surface area (Å²) < 4.78 is 0. The molecule has 0 saturated heterocycles. The van der Waals surface area contributed by atoms with Crippen molar-refractivity contribution in [3.8, 4) is 0 Å². The second kappa shape index (κ2) is 4.89. The van der Waals surface area contributed by atoms with Crippen molar-refractivity contribution in [2.24, 2.45) is 40.4 Å². The van der Waals surface area contributed by atoms with Crippen LogP contribution in [0.4, 0.5) is 0 Å². The highest BCUT2D eigenvalue weighted by Gasteiger charge is 2.54. The van der Waals surface area contributed by atoms with Crippen LogP contribution in [0.25, 0.3) is 0 Å². The summed E-state index contributed by atoms with van der Waals surface area (Å²) in [5, 5.41) is 0. The summed E-state index contributed by atoms with van der Waals surface area (Å²) in [6.07, 6.45) is 14.0. The smallest absolute Gasteiger partial charge is 0.0148 e. The molecule has 0 spiro atoms. The first-order valence-corrected chi connectivity index (χ1v) is 9.03. The predicted molar refractivity (Wildman–Crippen MR) is 87.5 cm³/mol. The van der Waals surface area contributed by atoms with Gasteiger partial charge in [-0.05, 0) is 72.5 Å². The third-order valence-electron chi connectivity index (χ3n) is 7.37. The van der Waals surface area contributed by atoms with E-state index in [0.29, 0.717) is 10.8 Å². The Bertz CT molecular complexity index is 389. The second-order valence-electron chi connectivity index (χ2n) is 9.29. The van der Waals surface area contributed by atoms with Gasteiger partial charge in [-0.25, -0.2) is 0 Å².